The maximum absolute atomic E-state index is 12.5. The van der Waals surface area contributed by atoms with Gasteiger partial charge in [-0.05, 0) is 31.8 Å². The molecule has 7 nitrogen and oxygen atoms in total. The van der Waals surface area contributed by atoms with Crippen LogP contribution in [0.15, 0.2) is 12.3 Å². The molecule has 3 unspecified atom stereocenters. The van der Waals surface area contributed by atoms with Gasteiger partial charge in [0.15, 0.2) is 12.1 Å². The summed E-state index contributed by atoms with van der Waals surface area (Å²) in [6.45, 7) is 7.74. The molecule has 0 spiro atoms. The van der Waals surface area contributed by atoms with E-state index >= 15 is 0 Å². The Morgan fingerprint density at radius 1 is 0.605 bits per heavy atom. The van der Waals surface area contributed by atoms with E-state index in [1.54, 1.807) is 6.20 Å². The minimum Gasteiger partial charge on any atom is -0.544 e. The molecule has 0 aromatic heterocycles. The van der Waals surface area contributed by atoms with E-state index in [1.807, 2.05) is 26.8 Å². The number of carboxylic acids is 3. The molecule has 0 aromatic rings. The molecule has 0 aliphatic rings. The second kappa shape index (κ2) is 22.0. The van der Waals surface area contributed by atoms with Crippen LogP contribution in [0.4, 0.5) is 0 Å². The summed E-state index contributed by atoms with van der Waals surface area (Å²) in [5, 5.41) is 32.8. The van der Waals surface area contributed by atoms with Crippen LogP contribution in [0.3, 0.4) is 0 Å². The van der Waals surface area contributed by atoms with Crippen LogP contribution in [0.5, 0.6) is 0 Å². The smallest absolute Gasteiger partial charge is 0.363 e. The van der Waals surface area contributed by atoms with Crippen LogP contribution in [0, 0.1) is 0 Å². The first-order chi connectivity index (χ1) is 18.2. The average Bonchev–Trinajstić information content (AvgIpc) is 2.87. The number of allylic oxidation sites excluding steroid dienone is 1. The molecular formula is C31H57NO6. The van der Waals surface area contributed by atoms with E-state index in [0.717, 1.165) is 19.3 Å². The molecule has 0 fully saturated rings. The third-order valence-corrected chi connectivity index (χ3v) is 7.74. The fraction of sp³-hybridized carbons (Fsp3) is 0.839. The Hall–Kier alpha value is -1.89. The lowest BCUT2D eigenvalue weighted by Gasteiger charge is -2.49. The molecule has 222 valence electrons. The van der Waals surface area contributed by atoms with Gasteiger partial charge in [-0.1, -0.05) is 105 Å². The highest BCUT2D eigenvalue weighted by atomic mass is 16.4. The molecule has 0 bridgehead atoms. The molecule has 0 heterocycles. The fourth-order valence-corrected chi connectivity index (χ4v) is 5.74. The van der Waals surface area contributed by atoms with Crippen molar-refractivity contribution in [3.63, 3.8) is 0 Å². The Kier molecular flexibility index (Phi) is 20.9. The monoisotopic (exact) mass is 539 g/mol. The van der Waals surface area contributed by atoms with Gasteiger partial charge in [-0.3, -0.25) is 4.48 Å². The van der Waals surface area contributed by atoms with E-state index in [-0.39, 0.29) is 19.3 Å². The van der Waals surface area contributed by atoms with Crippen molar-refractivity contribution >= 4 is 17.9 Å². The number of hydrogen-bond acceptors (Lipinski definition) is 4. The molecule has 0 radical (unpaired) electrons. The molecule has 7 heteroatoms. The van der Waals surface area contributed by atoms with E-state index in [0.29, 0.717) is 25.7 Å². The maximum atomic E-state index is 12.5. The van der Waals surface area contributed by atoms with Crippen LogP contribution >= 0.6 is 0 Å². The van der Waals surface area contributed by atoms with Gasteiger partial charge in [-0.2, -0.15) is 0 Å². The minimum absolute atomic E-state index is 0.159. The topological polar surface area (TPSA) is 115 Å². The van der Waals surface area contributed by atoms with Crippen LogP contribution in [0.1, 0.15) is 150 Å². The standard InChI is InChI=1S/C31H57NO6/c1-5-9-10-11-12-13-14-15-16-17-18-19-20-21-25-32(26(22-6-2)29(33)34,27(23-7-3)30(35)36)28(24-8-4)31(37)38/h21,25-28H,5-20,22-24H2,1-4H3,(H2-,33,34,35,36,37,38)/b25-21+. The van der Waals surface area contributed by atoms with E-state index < -0.39 is 40.5 Å². The molecule has 0 saturated carbocycles. The van der Waals surface area contributed by atoms with Crippen molar-refractivity contribution in [3.8, 4) is 0 Å². The van der Waals surface area contributed by atoms with Gasteiger partial charge in [0.2, 0.25) is 0 Å². The number of quaternary nitrogens is 1. The number of unbranched alkanes of at least 4 members (excludes halogenated alkanes) is 12. The van der Waals surface area contributed by atoms with Gasteiger partial charge in [-0.15, -0.1) is 0 Å². The molecule has 0 saturated heterocycles. The predicted molar refractivity (Wildman–Crippen MR) is 151 cm³/mol. The van der Waals surface area contributed by atoms with Crippen LogP contribution in [0.2, 0.25) is 0 Å². The van der Waals surface area contributed by atoms with Gasteiger partial charge in [0, 0.05) is 19.3 Å². The highest BCUT2D eigenvalue weighted by Crippen LogP contribution is 2.34. The number of rotatable bonds is 26. The number of carbonyl (C=O) groups excluding carboxylic acids is 1. The maximum Gasteiger partial charge on any atom is 0.363 e. The molecule has 0 aromatic carbocycles. The quantitative estimate of drug-likeness (QED) is 0.0919. The van der Waals surface area contributed by atoms with Gasteiger partial charge in [0.25, 0.3) is 0 Å². The summed E-state index contributed by atoms with van der Waals surface area (Å²) >= 11 is 0. The summed E-state index contributed by atoms with van der Waals surface area (Å²) in [5.74, 6) is -3.70. The van der Waals surface area contributed by atoms with Gasteiger partial charge in [-0.25, -0.2) is 9.59 Å². The zero-order valence-electron chi connectivity index (χ0n) is 24.8. The second-order valence-electron chi connectivity index (χ2n) is 10.9. The van der Waals surface area contributed by atoms with E-state index in [2.05, 4.69) is 6.92 Å². The van der Waals surface area contributed by atoms with Crippen molar-refractivity contribution in [1.82, 2.24) is 0 Å². The molecule has 0 amide bonds. The van der Waals surface area contributed by atoms with E-state index in [1.165, 1.54) is 57.8 Å². The van der Waals surface area contributed by atoms with Crippen molar-refractivity contribution in [1.29, 1.82) is 0 Å². The molecular weight excluding hydrogens is 482 g/mol. The third kappa shape index (κ3) is 12.8. The molecule has 38 heavy (non-hydrogen) atoms. The Morgan fingerprint density at radius 2 is 0.974 bits per heavy atom. The molecule has 2 N–H and O–H groups in total. The first-order valence-corrected chi connectivity index (χ1v) is 15.5. The molecule has 0 rings (SSSR count). The highest BCUT2D eigenvalue weighted by Gasteiger charge is 2.54. The SMILES string of the molecule is CCCCCCCCCCCCCC/C=C/[N+](C(CCC)C(=O)[O-])(C(CCC)C(=O)O)C(CCC)C(=O)O. The second-order valence-corrected chi connectivity index (χ2v) is 10.9. The van der Waals surface area contributed by atoms with E-state index in [4.69, 9.17) is 0 Å². The zero-order chi connectivity index (χ0) is 28.8. The summed E-state index contributed by atoms with van der Waals surface area (Å²) in [7, 11) is 0. The zero-order valence-corrected chi connectivity index (χ0v) is 24.8. The molecule has 3 atom stereocenters. The Morgan fingerprint density at radius 3 is 1.32 bits per heavy atom. The summed E-state index contributed by atoms with van der Waals surface area (Å²) in [5.41, 5.74) is 0. The predicted octanol–water partition coefficient (Wildman–Crippen LogP) is 6.83. The number of hydrogen-bond donors (Lipinski definition) is 2. The number of carboxylic acid groups (broad SMARTS) is 3. The Labute approximate surface area is 232 Å². The lowest BCUT2D eigenvalue weighted by molar-refractivity contribution is -0.930. The van der Waals surface area contributed by atoms with E-state index in [9.17, 15) is 29.7 Å². The van der Waals surface area contributed by atoms with Crippen molar-refractivity contribution in [3.05, 3.63) is 12.3 Å². The van der Waals surface area contributed by atoms with Gasteiger partial charge in [0.1, 0.15) is 6.04 Å². The average molecular weight is 540 g/mol. The van der Waals surface area contributed by atoms with Crippen molar-refractivity contribution in [2.75, 3.05) is 0 Å². The highest BCUT2D eigenvalue weighted by molar-refractivity contribution is 5.77. The van der Waals surface area contributed by atoms with Crippen LogP contribution in [0.25, 0.3) is 0 Å². The summed E-state index contributed by atoms with van der Waals surface area (Å²) in [6, 6.07) is -3.57. The van der Waals surface area contributed by atoms with Crippen molar-refractivity contribution in [2.24, 2.45) is 0 Å². The van der Waals surface area contributed by atoms with Gasteiger partial charge >= 0.3 is 11.9 Å². The minimum atomic E-state index is -1.38. The summed E-state index contributed by atoms with van der Waals surface area (Å²) in [4.78, 5) is 37.4. The number of carbonyl (C=O) groups is 3. The molecule has 0 aliphatic carbocycles. The third-order valence-electron chi connectivity index (χ3n) is 7.74. The first kappa shape index (κ1) is 36.1. The lowest BCUT2D eigenvalue weighted by Crippen LogP contribution is -2.71. The Balaban J connectivity index is 5.46. The van der Waals surface area contributed by atoms with Crippen LogP contribution < -0.4 is 5.11 Å². The lowest BCUT2D eigenvalue weighted by atomic mass is 9.93. The van der Waals surface area contributed by atoms with Crippen molar-refractivity contribution < 1.29 is 34.2 Å². The van der Waals surface area contributed by atoms with Crippen molar-refractivity contribution in [2.45, 2.75) is 168 Å². The normalized spacial score (nSPS) is 15.7. The fourth-order valence-electron chi connectivity index (χ4n) is 5.74. The first-order valence-electron chi connectivity index (χ1n) is 15.5. The van der Waals surface area contributed by atoms with Gasteiger partial charge in [0.05, 0.1) is 12.2 Å². The summed E-state index contributed by atoms with van der Waals surface area (Å²) in [6.07, 6.45) is 21.0. The van der Waals surface area contributed by atoms with Crippen LogP contribution in [-0.2, 0) is 14.4 Å². The number of nitrogens with zero attached hydrogens (tertiary/aromatic N) is 1. The summed E-state index contributed by atoms with van der Waals surface area (Å²) < 4.78 is -0.610. The van der Waals surface area contributed by atoms with Gasteiger partial charge < -0.3 is 20.1 Å². The number of aliphatic carboxylic acids is 3. The largest absolute Gasteiger partial charge is 0.544 e. The molecule has 0 aliphatic heterocycles. The van der Waals surface area contributed by atoms with Crippen LogP contribution in [-0.4, -0.2) is 50.7 Å². The Bertz CT molecular complexity index is 617.